The molecule has 0 rings (SSSR count). The molecule has 0 spiro atoms. The van der Waals surface area contributed by atoms with Gasteiger partial charge in [-0.15, -0.1) is 0 Å². The van der Waals surface area contributed by atoms with Crippen molar-refractivity contribution in [1.29, 1.82) is 0 Å². The van der Waals surface area contributed by atoms with Crippen LogP contribution in [-0.4, -0.2) is 46.1 Å². The van der Waals surface area contributed by atoms with Gasteiger partial charge in [-0.05, 0) is 19.3 Å². The molecule has 0 fully saturated rings. The second kappa shape index (κ2) is 28.1. The van der Waals surface area contributed by atoms with E-state index in [9.17, 15) is 20.1 Å². The minimum atomic E-state index is -1.09. The van der Waals surface area contributed by atoms with Crippen molar-refractivity contribution in [3.63, 3.8) is 0 Å². The lowest BCUT2D eigenvalue weighted by Gasteiger charge is -2.21. The molecule has 0 aliphatic carbocycles. The minimum absolute atomic E-state index is 0.361. The molecule has 5 nitrogen and oxygen atoms in total. The first-order valence-corrected chi connectivity index (χ1v) is 16.0. The summed E-state index contributed by atoms with van der Waals surface area (Å²) in [6.07, 6.45) is 29.3. The van der Waals surface area contributed by atoms with Crippen molar-refractivity contribution in [2.75, 3.05) is 6.61 Å². The van der Waals surface area contributed by atoms with Crippen LogP contribution in [0, 0.1) is 0 Å². The Morgan fingerprint density at radius 3 is 1.49 bits per heavy atom. The fourth-order valence-corrected chi connectivity index (χ4v) is 4.77. The number of carbonyl (C=O) groups is 1. The van der Waals surface area contributed by atoms with Crippen LogP contribution in [0.15, 0.2) is 12.2 Å². The van der Waals surface area contributed by atoms with Crippen molar-refractivity contribution < 1.29 is 20.1 Å². The predicted octanol–water partition coefficient (Wildman–Crippen LogP) is 7.75. The van der Waals surface area contributed by atoms with Gasteiger partial charge in [0.25, 0.3) is 0 Å². The molecule has 5 heteroatoms. The third kappa shape index (κ3) is 23.9. The van der Waals surface area contributed by atoms with Gasteiger partial charge < -0.3 is 20.6 Å². The molecule has 0 unspecified atom stereocenters. The van der Waals surface area contributed by atoms with E-state index < -0.39 is 24.2 Å². The van der Waals surface area contributed by atoms with E-state index in [1.54, 1.807) is 6.08 Å². The Bertz CT molecular complexity index is 511. The van der Waals surface area contributed by atoms with Gasteiger partial charge in [-0.25, -0.2) is 0 Å². The average Bonchev–Trinajstić information content (AvgIpc) is 2.90. The van der Waals surface area contributed by atoms with Crippen LogP contribution in [0.2, 0.25) is 0 Å². The van der Waals surface area contributed by atoms with Crippen molar-refractivity contribution in [1.82, 2.24) is 5.32 Å². The number of amides is 1. The van der Waals surface area contributed by atoms with Gasteiger partial charge in [-0.1, -0.05) is 154 Å². The molecule has 0 saturated carbocycles. The number of allylic oxidation sites excluding steroid dienone is 1. The van der Waals surface area contributed by atoms with Gasteiger partial charge in [0, 0.05) is 0 Å². The van der Waals surface area contributed by atoms with Crippen LogP contribution in [0.3, 0.4) is 0 Å². The van der Waals surface area contributed by atoms with Gasteiger partial charge >= 0.3 is 0 Å². The summed E-state index contributed by atoms with van der Waals surface area (Å²) in [6.45, 7) is 4.13. The first-order valence-electron chi connectivity index (χ1n) is 16.0. The number of carbonyl (C=O) groups excluding carboxylic acids is 1. The molecule has 4 N–H and O–H groups in total. The van der Waals surface area contributed by atoms with Crippen molar-refractivity contribution in [3.8, 4) is 0 Å². The summed E-state index contributed by atoms with van der Waals surface area (Å²) in [4.78, 5) is 12.3. The van der Waals surface area contributed by atoms with Gasteiger partial charge in [0.1, 0.15) is 6.10 Å². The van der Waals surface area contributed by atoms with Crippen molar-refractivity contribution in [2.45, 2.75) is 180 Å². The monoisotopic (exact) mass is 525 g/mol. The van der Waals surface area contributed by atoms with Crippen molar-refractivity contribution in [2.24, 2.45) is 0 Å². The van der Waals surface area contributed by atoms with Crippen molar-refractivity contribution >= 4 is 5.91 Å². The first kappa shape index (κ1) is 36.1. The van der Waals surface area contributed by atoms with Gasteiger partial charge in [0.2, 0.25) is 5.91 Å². The number of rotatable bonds is 28. The number of aliphatic hydroxyl groups excluding tert-OH is 3. The largest absolute Gasteiger partial charge is 0.394 e. The Hall–Kier alpha value is -0.910. The van der Waals surface area contributed by atoms with Crippen LogP contribution in [0.5, 0.6) is 0 Å². The molecule has 1 amide bonds. The highest BCUT2D eigenvalue weighted by molar-refractivity contribution is 5.80. The molecule has 0 bridgehead atoms. The van der Waals surface area contributed by atoms with E-state index >= 15 is 0 Å². The Balaban J connectivity index is 3.80. The molecular weight excluding hydrogens is 462 g/mol. The van der Waals surface area contributed by atoms with E-state index in [2.05, 4.69) is 19.2 Å². The Morgan fingerprint density at radius 1 is 0.649 bits per heavy atom. The summed E-state index contributed by atoms with van der Waals surface area (Å²) >= 11 is 0. The SMILES string of the molecule is CCCCCCCCCCC/C=C/[C@@H](O)[C@H](CO)NC(=O)[C@@H](O)CCCCCCCCCCCCCC. The highest BCUT2D eigenvalue weighted by Crippen LogP contribution is 2.14. The summed E-state index contributed by atoms with van der Waals surface area (Å²) in [7, 11) is 0. The van der Waals surface area contributed by atoms with Gasteiger partial charge in [-0.3, -0.25) is 4.79 Å². The molecule has 220 valence electrons. The summed E-state index contributed by atoms with van der Waals surface area (Å²) < 4.78 is 0. The maximum absolute atomic E-state index is 12.3. The highest BCUT2D eigenvalue weighted by atomic mass is 16.3. The fraction of sp³-hybridized carbons (Fsp3) is 0.906. The zero-order valence-electron chi connectivity index (χ0n) is 24.6. The summed E-state index contributed by atoms with van der Waals surface area (Å²) in [6, 6.07) is -0.788. The number of aliphatic hydroxyl groups is 3. The van der Waals surface area contributed by atoms with E-state index in [1.807, 2.05) is 6.08 Å². The smallest absolute Gasteiger partial charge is 0.249 e. The third-order valence-corrected chi connectivity index (χ3v) is 7.38. The number of hydrogen-bond acceptors (Lipinski definition) is 4. The van der Waals surface area contributed by atoms with E-state index in [0.29, 0.717) is 6.42 Å². The van der Waals surface area contributed by atoms with Gasteiger partial charge in [0.05, 0.1) is 18.8 Å². The number of nitrogens with one attached hydrogen (secondary N) is 1. The molecule has 0 aliphatic heterocycles. The topological polar surface area (TPSA) is 89.8 Å². The molecule has 0 heterocycles. The van der Waals surface area contributed by atoms with Crippen molar-refractivity contribution in [3.05, 3.63) is 12.2 Å². The second-order valence-corrected chi connectivity index (χ2v) is 11.0. The lowest BCUT2D eigenvalue weighted by atomic mass is 10.0. The molecule has 0 aliphatic rings. The zero-order valence-corrected chi connectivity index (χ0v) is 24.6. The normalized spacial score (nSPS) is 14.2. The average molecular weight is 526 g/mol. The van der Waals surface area contributed by atoms with Crippen LogP contribution in [0.4, 0.5) is 0 Å². The van der Waals surface area contributed by atoms with E-state index in [4.69, 9.17) is 0 Å². The predicted molar refractivity (Wildman–Crippen MR) is 158 cm³/mol. The summed E-state index contributed by atoms with van der Waals surface area (Å²) in [5.41, 5.74) is 0. The molecule has 3 atom stereocenters. The number of hydrogen-bond donors (Lipinski definition) is 4. The molecule has 0 saturated heterocycles. The Morgan fingerprint density at radius 2 is 1.05 bits per heavy atom. The molecule has 0 aromatic carbocycles. The quantitative estimate of drug-likeness (QED) is 0.0621. The van der Waals surface area contributed by atoms with Crippen LogP contribution in [0.1, 0.15) is 162 Å². The van der Waals surface area contributed by atoms with E-state index in [1.165, 1.54) is 109 Å². The second-order valence-electron chi connectivity index (χ2n) is 11.0. The molecule has 0 radical (unpaired) electrons. The third-order valence-electron chi connectivity index (χ3n) is 7.38. The van der Waals surface area contributed by atoms with Crippen LogP contribution in [-0.2, 0) is 4.79 Å². The molecular formula is C32H63NO4. The summed E-state index contributed by atoms with van der Waals surface area (Å²) in [5, 5.41) is 32.7. The molecule has 37 heavy (non-hydrogen) atoms. The van der Waals surface area contributed by atoms with E-state index in [-0.39, 0.29) is 6.61 Å². The maximum Gasteiger partial charge on any atom is 0.249 e. The standard InChI is InChI=1S/C32H63NO4/c1-3-5-7-9-11-13-15-17-19-21-23-25-27-31(36)32(37)33-29(28-34)30(35)26-24-22-20-18-16-14-12-10-8-6-4-2/h24,26,29-31,34-36H,3-23,25,27-28H2,1-2H3,(H,33,37)/b26-24+/t29-,30+,31-/m0/s1. The highest BCUT2D eigenvalue weighted by Gasteiger charge is 2.22. The fourth-order valence-electron chi connectivity index (χ4n) is 4.77. The van der Waals surface area contributed by atoms with Crippen LogP contribution < -0.4 is 5.32 Å². The maximum atomic E-state index is 12.3. The Kier molecular flexibility index (Phi) is 27.4. The molecule has 0 aromatic rings. The van der Waals surface area contributed by atoms with Gasteiger partial charge in [0.15, 0.2) is 0 Å². The van der Waals surface area contributed by atoms with Gasteiger partial charge in [-0.2, -0.15) is 0 Å². The zero-order chi connectivity index (χ0) is 27.4. The first-order chi connectivity index (χ1) is 18.1. The lowest BCUT2D eigenvalue weighted by molar-refractivity contribution is -0.131. The Labute approximate surface area is 229 Å². The summed E-state index contributed by atoms with van der Waals surface area (Å²) in [5.74, 6) is -0.506. The molecule has 0 aromatic heterocycles. The van der Waals surface area contributed by atoms with E-state index in [0.717, 1.165) is 32.1 Å². The number of unbranched alkanes of at least 4 members (excludes halogenated alkanes) is 20. The van der Waals surface area contributed by atoms with Crippen LogP contribution in [0.25, 0.3) is 0 Å². The minimum Gasteiger partial charge on any atom is -0.394 e. The lowest BCUT2D eigenvalue weighted by Crippen LogP contribution is -2.48. The van der Waals surface area contributed by atoms with Crippen LogP contribution >= 0.6 is 0 Å².